The molecule has 36 heavy (non-hydrogen) atoms. The van der Waals surface area contributed by atoms with Crippen molar-refractivity contribution in [1.82, 2.24) is 9.88 Å². The fourth-order valence-corrected chi connectivity index (χ4v) is 9.50. The van der Waals surface area contributed by atoms with E-state index in [1.807, 2.05) is 12.4 Å². The highest BCUT2D eigenvalue weighted by Crippen LogP contribution is 2.69. The van der Waals surface area contributed by atoms with Crippen LogP contribution in [-0.2, 0) is 9.47 Å². The average Bonchev–Trinajstić information content (AvgIpc) is 3.43. The van der Waals surface area contributed by atoms with Crippen molar-refractivity contribution in [2.45, 2.75) is 81.5 Å². The number of fused-ring (bicyclic) bond motifs is 2. The highest BCUT2D eigenvalue weighted by Gasteiger charge is 2.66. The van der Waals surface area contributed by atoms with Gasteiger partial charge >= 0.3 is 0 Å². The van der Waals surface area contributed by atoms with E-state index in [1.54, 1.807) is 5.57 Å². The molecule has 188 valence electrons. The topological polar surface area (TPSA) is 34.6 Å². The summed E-state index contributed by atoms with van der Waals surface area (Å²) >= 11 is 0. The van der Waals surface area contributed by atoms with Gasteiger partial charge in [-0.3, -0.25) is 9.88 Å². The summed E-state index contributed by atoms with van der Waals surface area (Å²) < 4.78 is 13.2. The Balaban J connectivity index is 1.13. The van der Waals surface area contributed by atoms with E-state index in [9.17, 15) is 0 Å². The number of rotatable bonds is 2. The van der Waals surface area contributed by atoms with Crippen LogP contribution in [-0.4, -0.2) is 53.4 Å². The summed E-state index contributed by atoms with van der Waals surface area (Å²) in [4.78, 5) is 7.09. The fourth-order valence-electron chi connectivity index (χ4n) is 9.50. The van der Waals surface area contributed by atoms with Crippen LogP contribution in [0.1, 0.15) is 69.8 Å². The number of hydrogen-bond acceptors (Lipinski definition) is 4. The molecule has 4 fully saturated rings. The second kappa shape index (κ2) is 7.75. The number of allylic oxidation sites excluding steroid dienone is 1. The third-order valence-corrected chi connectivity index (χ3v) is 11.3. The summed E-state index contributed by atoms with van der Waals surface area (Å²) in [6.07, 6.45) is 18.9. The Morgan fingerprint density at radius 3 is 2.86 bits per heavy atom. The van der Waals surface area contributed by atoms with Crippen molar-refractivity contribution in [2.75, 3.05) is 26.3 Å². The maximum absolute atomic E-state index is 7.53. The zero-order chi connectivity index (χ0) is 24.0. The van der Waals surface area contributed by atoms with Gasteiger partial charge < -0.3 is 9.47 Å². The lowest BCUT2D eigenvalue weighted by molar-refractivity contribution is -0.143. The lowest BCUT2D eigenvalue weighted by Crippen LogP contribution is -2.56. The zero-order valence-corrected chi connectivity index (χ0v) is 21.5. The predicted octanol–water partition coefficient (Wildman–Crippen LogP) is 6.18. The van der Waals surface area contributed by atoms with Crippen LogP contribution in [0.25, 0.3) is 10.8 Å². The Morgan fingerprint density at radius 1 is 1.03 bits per heavy atom. The predicted molar refractivity (Wildman–Crippen MR) is 142 cm³/mol. The van der Waals surface area contributed by atoms with Gasteiger partial charge in [-0.2, -0.15) is 0 Å². The van der Waals surface area contributed by atoms with Crippen LogP contribution in [0.4, 0.5) is 0 Å². The van der Waals surface area contributed by atoms with E-state index in [4.69, 9.17) is 9.47 Å². The summed E-state index contributed by atoms with van der Waals surface area (Å²) in [5.41, 5.74) is 4.78. The Labute approximate surface area is 214 Å². The molecule has 2 bridgehead atoms. The number of morpholine rings is 1. The molecule has 2 spiro atoms. The average molecular weight is 483 g/mol. The van der Waals surface area contributed by atoms with E-state index in [1.165, 1.54) is 73.3 Å². The summed E-state index contributed by atoms with van der Waals surface area (Å²) in [6, 6.07) is 9.88. The number of hydrogen-bond donors (Lipinski definition) is 0. The molecule has 0 amide bonds. The van der Waals surface area contributed by atoms with E-state index in [0.717, 1.165) is 26.3 Å². The van der Waals surface area contributed by atoms with Gasteiger partial charge in [-0.25, -0.2) is 0 Å². The fraction of sp³-hybridized carbons (Fsp3) is 0.594. The molecule has 2 saturated carbocycles. The van der Waals surface area contributed by atoms with Crippen molar-refractivity contribution in [1.29, 1.82) is 0 Å². The number of nitrogens with zero attached hydrogens (tertiary/aromatic N) is 2. The molecular weight excluding hydrogens is 444 g/mol. The van der Waals surface area contributed by atoms with Crippen LogP contribution in [0, 0.1) is 11.3 Å². The minimum atomic E-state index is -0.0729. The van der Waals surface area contributed by atoms with Crippen molar-refractivity contribution in [2.24, 2.45) is 11.3 Å². The van der Waals surface area contributed by atoms with Crippen molar-refractivity contribution >= 4 is 10.8 Å². The first-order valence-corrected chi connectivity index (χ1v) is 14.4. The minimum Gasteiger partial charge on any atom is -0.379 e. The maximum Gasteiger partial charge on any atom is 0.0974 e. The molecule has 3 aliphatic carbocycles. The molecule has 4 nitrogen and oxygen atoms in total. The summed E-state index contributed by atoms with van der Waals surface area (Å²) in [5, 5.41) is 2.56. The number of aromatic nitrogens is 1. The molecular formula is C32H38N2O2. The molecule has 6 atom stereocenters. The second-order valence-electron chi connectivity index (χ2n) is 12.7. The first-order valence-electron chi connectivity index (χ1n) is 14.4. The molecule has 6 unspecified atom stereocenters. The van der Waals surface area contributed by atoms with Gasteiger partial charge in [0.1, 0.15) is 0 Å². The third-order valence-electron chi connectivity index (χ3n) is 11.3. The smallest absolute Gasteiger partial charge is 0.0974 e. The van der Waals surface area contributed by atoms with Gasteiger partial charge in [0.25, 0.3) is 0 Å². The van der Waals surface area contributed by atoms with Crippen molar-refractivity contribution in [3.05, 3.63) is 65.5 Å². The van der Waals surface area contributed by atoms with Gasteiger partial charge in [0.2, 0.25) is 0 Å². The van der Waals surface area contributed by atoms with Crippen molar-refractivity contribution in [3.63, 3.8) is 0 Å². The van der Waals surface area contributed by atoms with E-state index >= 15 is 0 Å². The van der Waals surface area contributed by atoms with Crippen molar-refractivity contribution in [3.8, 4) is 0 Å². The van der Waals surface area contributed by atoms with Gasteiger partial charge in [0.05, 0.1) is 24.4 Å². The van der Waals surface area contributed by atoms with Crippen LogP contribution in [0.15, 0.2) is 60.0 Å². The Kier molecular flexibility index (Phi) is 4.74. The molecule has 0 radical (unpaired) electrons. The van der Waals surface area contributed by atoms with Crippen LogP contribution in [0.2, 0.25) is 0 Å². The Hall–Kier alpha value is -2.01. The Morgan fingerprint density at radius 2 is 1.94 bits per heavy atom. The van der Waals surface area contributed by atoms with Crippen LogP contribution < -0.4 is 0 Å². The largest absolute Gasteiger partial charge is 0.379 e. The standard InChI is InChI=1S/C32H38N2O2/c1-30-10-8-26-19-25-4-5-27(34-14-16-35-17-15-34)20-31(25)11-12-32(26,36-31)29(30)7-6-28(30)23-3-2-22-9-13-33-21-24(22)18-23/h2-3,8-9,13,18-19,21,27-29H,4-7,10-12,14-17,20H2,1H3. The summed E-state index contributed by atoms with van der Waals surface area (Å²) in [7, 11) is 0. The monoisotopic (exact) mass is 482 g/mol. The van der Waals surface area contributed by atoms with Crippen LogP contribution >= 0.6 is 0 Å². The van der Waals surface area contributed by atoms with E-state index in [0.29, 0.717) is 17.9 Å². The number of pyridine rings is 1. The van der Waals surface area contributed by atoms with E-state index < -0.39 is 0 Å². The molecule has 3 aliphatic heterocycles. The highest BCUT2D eigenvalue weighted by molar-refractivity contribution is 5.82. The molecule has 8 rings (SSSR count). The molecule has 6 aliphatic rings. The zero-order valence-electron chi connectivity index (χ0n) is 21.5. The highest BCUT2D eigenvalue weighted by atomic mass is 16.5. The molecule has 1 aromatic heterocycles. The number of benzene rings is 1. The van der Waals surface area contributed by atoms with Crippen LogP contribution in [0.5, 0.6) is 0 Å². The number of ether oxygens (including phenoxy) is 2. The van der Waals surface area contributed by atoms with Crippen LogP contribution in [0.3, 0.4) is 0 Å². The molecule has 2 saturated heterocycles. The lowest BCUT2D eigenvalue weighted by Gasteiger charge is -2.55. The third kappa shape index (κ3) is 2.95. The first kappa shape index (κ1) is 22.0. The maximum atomic E-state index is 7.53. The van der Waals surface area contributed by atoms with Gasteiger partial charge in [0.15, 0.2) is 0 Å². The SMILES string of the molecule is CC12CC=C3C=C4CCC(N5CCOCC5)CC45CCC3(O5)C1CCC2c1ccc2ccncc2c1. The van der Waals surface area contributed by atoms with Gasteiger partial charge in [-0.1, -0.05) is 31.2 Å². The summed E-state index contributed by atoms with van der Waals surface area (Å²) in [6.45, 7) is 6.52. The van der Waals surface area contributed by atoms with E-state index in [2.05, 4.69) is 53.2 Å². The normalized spacial score (nSPS) is 41.9. The minimum absolute atomic E-state index is 0.0243. The van der Waals surface area contributed by atoms with Gasteiger partial charge in [-0.05, 0) is 103 Å². The first-order chi connectivity index (χ1) is 17.6. The molecule has 4 heteroatoms. The summed E-state index contributed by atoms with van der Waals surface area (Å²) in [5.74, 6) is 1.18. The van der Waals surface area contributed by atoms with Gasteiger partial charge in [0, 0.05) is 36.9 Å². The molecule has 4 heterocycles. The molecule has 0 N–H and O–H groups in total. The quantitative estimate of drug-likeness (QED) is 0.512. The van der Waals surface area contributed by atoms with Crippen molar-refractivity contribution < 1.29 is 9.47 Å². The second-order valence-corrected chi connectivity index (χ2v) is 12.7. The Bertz CT molecular complexity index is 1280. The van der Waals surface area contributed by atoms with Gasteiger partial charge in [-0.15, -0.1) is 0 Å². The molecule has 1 aromatic carbocycles. The van der Waals surface area contributed by atoms with E-state index in [-0.39, 0.29) is 16.6 Å². The lowest BCUT2D eigenvalue weighted by atomic mass is 9.58. The molecule has 2 aromatic rings.